The van der Waals surface area contributed by atoms with Crippen LogP contribution in [0.25, 0.3) is 0 Å². The average molecular weight is 307 g/mol. The van der Waals surface area contributed by atoms with Gasteiger partial charge in [0, 0.05) is 32.1 Å². The molecular formula is C10H17N3O4S2. The largest absolute Gasteiger partial charge is 0.373 e. The van der Waals surface area contributed by atoms with Crippen molar-refractivity contribution in [1.29, 1.82) is 0 Å². The molecule has 9 heteroatoms. The lowest BCUT2D eigenvalue weighted by molar-refractivity contribution is 0.577. The molecule has 0 fully saturated rings. The number of pyridine rings is 1. The van der Waals surface area contributed by atoms with Crippen LogP contribution in [0.2, 0.25) is 0 Å². The summed E-state index contributed by atoms with van der Waals surface area (Å²) in [6, 6.07) is 2.78. The Bertz CT molecular complexity index is 626. The third-order valence-electron chi connectivity index (χ3n) is 2.28. The average Bonchev–Trinajstić information content (AvgIpc) is 2.34. The summed E-state index contributed by atoms with van der Waals surface area (Å²) in [5, 5.41) is 2.74. The first-order chi connectivity index (χ1) is 8.74. The van der Waals surface area contributed by atoms with E-state index in [1.54, 1.807) is 7.05 Å². The smallest absolute Gasteiger partial charge is 0.240 e. The highest BCUT2D eigenvalue weighted by Crippen LogP contribution is 2.11. The minimum absolute atomic E-state index is 0.0480. The summed E-state index contributed by atoms with van der Waals surface area (Å²) in [6.45, 7) is 0.0760. The van der Waals surface area contributed by atoms with Crippen LogP contribution in [-0.2, 0) is 19.9 Å². The van der Waals surface area contributed by atoms with Gasteiger partial charge in [-0.05, 0) is 12.5 Å². The lowest BCUT2D eigenvalue weighted by atomic mass is 10.5. The molecule has 7 nitrogen and oxygen atoms in total. The van der Waals surface area contributed by atoms with Crippen molar-refractivity contribution in [3.8, 4) is 0 Å². The molecule has 0 aliphatic carbocycles. The Morgan fingerprint density at radius 3 is 2.53 bits per heavy atom. The monoisotopic (exact) mass is 307 g/mol. The molecule has 1 rings (SSSR count). The van der Waals surface area contributed by atoms with Gasteiger partial charge in [-0.1, -0.05) is 0 Å². The van der Waals surface area contributed by atoms with Gasteiger partial charge in [0.15, 0.2) is 0 Å². The lowest BCUT2D eigenvalue weighted by Crippen LogP contribution is -2.26. The van der Waals surface area contributed by atoms with Gasteiger partial charge >= 0.3 is 0 Å². The molecule has 2 N–H and O–H groups in total. The first-order valence-electron chi connectivity index (χ1n) is 5.56. The Hall–Kier alpha value is -1.19. The molecule has 0 atom stereocenters. The number of aromatic nitrogens is 1. The summed E-state index contributed by atoms with van der Waals surface area (Å²) >= 11 is 0. The van der Waals surface area contributed by atoms with E-state index in [1.807, 2.05) is 0 Å². The zero-order chi connectivity index (χ0) is 14.5. The second-order valence-electron chi connectivity index (χ2n) is 4.01. The van der Waals surface area contributed by atoms with Gasteiger partial charge in [0.1, 0.15) is 15.7 Å². The summed E-state index contributed by atoms with van der Waals surface area (Å²) in [5.41, 5.74) is 0. The van der Waals surface area contributed by atoms with Crippen molar-refractivity contribution in [3.05, 3.63) is 18.3 Å². The van der Waals surface area contributed by atoms with Crippen LogP contribution in [0.1, 0.15) is 6.42 Å². The van der Waals surface area contributed by atoms with Crippen LogP contribution < -0.4 is 10.0 Å². The molecule has 0 saturated carbocycles. The van der Waals surface area contributed by atoms with Crippen molar-refractivity contribution in [3.63, 3.8) is 0 Å². The van der Waals surface area contributed by atoms with E-state index in [2.05, 4.69) is 15.0 Å². The maximum absolute atomic E-state index is 11.9. The van der Waals surface area contributed by atoms with E-state index in [0.717, 1.165) is 6.26 Å². The predicted octanol–water partition coefficient (Wildman–Crippen LogP) is -0.164. The Balaban J connectivity index is 2.65. The summed E-state index contributed by atoms with van der Waals surface area (Å²) in [5.74, 6) is 0.396. The van der Waals surface area contributed by atoms with Gasteiger partial charge in [-0.25, -0.2) is 26.5 Å². The first-order valence-corrected chi connectivity index (χ1v) is 9.10. The normalized spacial score (nSPS) is 12.3. The van der Waals surface area contributed by atoms with E-state index in [4.69, 9.17) is 0 Å². The quantitative estimate of drug-likeness (QED) is 0.678. The van der Waals surface area contributed by atoms with E-state index in [0.29, 0.717) is 5.82 Å². The van der Waals surface area contributed by atoms with Gasteiger partial charge in [0.05, 0.1) is 10.6 Å². The predicted molar refractivity (Wildman–Crippen MR) is 73.3 cm³/mol. The third-order valence-corrected chi connectivity index (χ3v) is 4.77. The van der Waals surface area contributed by atoms with Crippen LogP contribution in [0.15, 0.2) is 23.2 Å². The molecule has 0 radical (unpaired) electrons. The Morgan fingerprint density at radius 1 is 1.26 bits per heavy atom. The molecule has 0 aliphatic heterocycles. The highest BCUT2D eigenvalue weighted by Gasteiger charge is 2.14. The molecule has 0 unspecified atom stereocenters. The lowest BCUT2D eigenvalue weighted by Gasteiger charge is -2.07. The van der Waals surface area contributed by atoms with Crippen LogP contribution >= 0.6 is 0 Å². The molecule has 0 amide bonds. The van der Waals surface area contributed by atoms with Crippen LogP contribution in [0.5, 0.6) is 0 Å². The standard InChI is InChI=1S/C10H17N3O4S2/c1-11-10-8-9(4-6-12-10)19(16,17)13-5-3-7-18(2,14)15/h4,6,8,13H,3,5,7H2,1-2H3,(H,11,12). The van der Waals surface area contributed by atoms with Crippen LogP contribution in [0, 0.1) is 0 Å². The fraction of sp³-hybridized carbons (Fsp3) is 0.500. The summed E-state index contributed by atoms with van der Waals surface area (Å²) in [7, 11) is -5.07. The topological polar surface area (TPSA) is 105 Å². The fourth-order valence-corrected chi connectivity index (χ4v) is 3.09. The molecule has 0 bridgehead atoms. The van der Waals surface area contributed by atoms with E-state index < -0.39 is 19.9 Å². The zero-order valence-corrected chi connectivity index (χ0v) is 12.4. The van der Waals surface area contributed by atoms with Crippen molar-refractivity contribution < 1.29 is 16.8 Å². The first kappa shape index (κ1) is 15.9. The second kappa shape index (κ2) is 6.31. The number of rotatable bonds is 7. The van der Waals surface area contributed by atoms with Crippen molar-refractivity contribution in [2.24, 2.45) is 0 Å². The van der Waals surface area contributed by atoms with E-state index in [9.17, 15) is 16.8 Å². The van der Waals surface area contributed by atoms with Crippen molar-refractivity contribution in [1.82, 2.24) is 9.71 Å². The summed E-state index contributed by atoms with van der Waals surface area (Å²) < 4.78 is 48.0. The Morgan fingerprint density at radius 2 is 1.95 bits per heavy atom. The number of hydrogen-bond acceptors (Lipinski definition) is 6. The fourth-order valence-electron chi connectivity index (χ4n) is 1.34. The zero-order valence-electron chi connectivity index (χ0n) is 10.8. The molecule has 108 valence electrons. The number of hydrogen-bond donors (Lipinski definition) is 2. The van der Waals surface area contributed by atoms with Crippen LogP contribution in [-0.4, -0.2) is 47.4 Å². The molecule has 1 aromatic heterocycles. The molecule has 0 saturated heterocycles. The molecule has 0 spiro atoms. The maximum atomic E-state index is 11.9. The van der Waals surface area contributed by atoms with Crippen LogP contribution in [0.3, 0.4) is 0 Å². The minimum Gasteiger partial charge on any atom is -0.373 e. The number of nitrogens with one attached hydrogen (secondary N) is 2. The van der Waals surface area contributed by atoms with Gasteiger partial charge in [-0.15, -0.1) is 0 Å². The van der Waals surface area contributed by atoms with Gasteiger partial charge in [-0.2, -0.15) is 0 Å². The second-order valence-corrected chi connectivity index (χ2v) is 8.03. The highest BCUT2D eigenvalue weighted by atomic mass is 32.2. The molecule has 1 aromatic rings. The van der Waals surface area contributed by atoms with Gasteiger partial charge in [0.2, 0.25) is 10.0 Å². The number of nitrogens with zero attached hydrogens (tertiary/aromatic N) is 1. The van der Waals surface area contributed by atoms with Crippen molar-refractivity contribution >= 4 is 25.7 Å². The number of sulfone groups is 1. The molecule has 1 heterocycles. The summed E-state index contributed by atoms with van der Waals surface area (Å²) in [4.78, 5) is 4.01. The SMILES string of the molecule is CNc1cc(S(=O)(=O)NCCCS(C)(=O)=O)ccn1. The Kier molecular flexibility index (Phi) is 5.27. The molecular weight excluding hydrogens is 290 g/mol. The van der Waals surface area contributed by atoms with E-state index in [1.165, 1.54) is 18.3 Å². The van der Waals surface area contributed by atoms with Crippen molar-refractivity contribution in [2.75, 3.05) is 30.9 Å². The van der Waals surface area contributed by atoms with Gasteiger partial charge in [0.25, 0.3) is 0 Å². The van der Waals surface area contributed by atoms with Gasteiger partial charge in [-0.3, -0.25) is 0 Å². The highest BCUT2D eigenvalue weighted by molar-refractivity contribution is 7.90. The number of anilines is 1. The third kappa shape index (κ3) is 5.53. The summed E-state index contributed by atoms with van der Waals surface area (Å²) in [6.07, 6.45) is 2.74. The Labute approximate surface area is 113 Å². The molecule has 0 aromatic carbocycles. The van der Waals surface area contributed by atoms with E-state index in [-0.39, 0.29) is 23.6 Å². The minimum atomic E-state index is -3.64. The molecule has 0 aliphatic rings. The molecule has 19 heavy (non-hydrogen) atoms. The van der Waals surface area contributed by atoms with E-state index >= 15 is 0 Å². The van der Waals surface area contributed by atoms with Crippen molar-refractivity contribution in [2.45, 2.75) is 11.3 Å². The van der Waals surface area contributed by atoms with Gasteiger partial charge < -0.3 is 5.32 Å². The number of sulfonamides is 1. The maximum Gasteiger partial charge on any atom is 0.240 e. The van der Waals surface area contributed by atoms with Crippen LogP contribution in [0.4, 0.5) is 5.82 Å².